The van der Waals surface area contributed by atoms with E-state index >= 15 is 0 Å². The van der Waals surface area contributed by atoms with Crippen molar-refractivity contribution in [2.24, 2.45) is 0 Å². The number of aryl methyl sites for hydroxylation is 2. The van der Waals surface area contributed by atoms with Crippen LogP contribution in [0.15, 0.2) is 30.5 Å². The molecule has 0 saturated heterocycles. The molecule has 0 aliphatic heterocycles. The van der Waals surface area contributed by atoms with Crippen molar-refractivity contribution in [1.29, 1.82) is 0 Å². The minimum atomic E-state index is 0.923. The van der Waals surface area contributed by atoms with Crippen molar-refractivity contribution in [3.05, 3.63) is 36.0 Å². The minimum Gasteiger partial charge on any atom is -0.346 e. The highest BCUT2D eigenvalue weighted by Crippen LogP contribution is 2.22. The highest BCUT2D eigenvalue weighted by molar-refractivity contribution is 5.84. The van der Waals surface area contributed by atoms with E-state index in [0.29, 0.717) is 0 Å². The second-order valence-electron chi connectivity index (χ2n) is 5.00. The van der Waals surface area contributed by atoms with Gasteiger partial charge in [-0.1, -0.05) is 25.1 Å². The molecule has 0 aliphatic carbocycles. The Labute approximate surface area is 122 Å². The fourth-order valence-electron chi connectivity index (χ4n) is 2.59. The number of benzene rings is 1. The largest absolute Gasteiger partial charge is 0.346 e. The standard InChI is InChI=1S/C18H24N2/c1-3-5-8-14-20-15-16(10-9-13-19-4-2)17-11-6-7-12-18(17)20/h6-7,11-12,15,19H,4,8-10,13-14H2,1-2H3. The second-order valence-corrected chi connectivity index (χ2v) is 5.00. The van der Waals surface area contributed by atoms with Crippen molar-refractivity contribution < 1.29 is 0 Å². The zero-order valence-electron chi connectivity index (χ0n) is 12.6. The van der Waals surface area contributed by atoms with Gasteiger partial charge in [0.2, 0.25) is 0 Å². The van der Waals surface area contributed by atoms with Gasteiger partial charge in [0.25, 0.3) is 0 Å². The summed E-state index contributed by atoms with van der Waals surface area (Å²) in [5.41, 5.74) is 2.80. The quantitative estimate of drug-likeness (QED) is 0.600. The lowest BCUT2D eigenvalue weighted by molar-refractivity contribution is 0.671. The summed E-state index contributed by atoms with van der Waals surface area (Å²) in [6, 6.07) is 8.70. The van der Waals surface area contributed by atoms with Gasteiger partial charge in [-0.2, -0.15) is 0 Å². The highest BCUT2D eigenvalue weighted by atomic mass is 15.0. The molecule has 0 amide bonds. The lowest BCUT2D eigenvalue weighted by Gasteiger charge is -2.01. The van der Waals surface area contributed by atoms with Crippen molar-refractivity contribution in [2.75, 3.05) is 13.1 Å². The number of fused-ring (bicyclic) bond motifs is 1. The fourth-order valence-corrected chi connectivity index (χ4v) is 2.59. The van der Waals surface area contributed by atoms with Crippen molar-refractivity contribution >= 4 is 10.9 Å². The molecular formula is C18H24N2. The first-order valence-electron chi connectivity index (χ1n) is 7.54. The molecule has 1 heterocycles. The predicted molar refractivity (Wildman–Crippen MR) is 86.9 cm³/mol. The zero-order chi connectivity index (χ0) is 14.2. The summed E-state index contributed by atoms with van der Waals surface area (Å²) < 4.78 is 2.35. The third-order valence-corrected chi connectivity index (χ3v) is 3.58. The van der Waals surface area contributed by atoms with E-state index in [0.717, 1.165) is 32.5 Å². The average Bonchev–Trinajstić information content (AvgIpc) is 2.83. The SMILES string of the molecule is CC#CCCn1cc(CCCNCC)c2ccccc21. The first-order valence-corrected chi connectivity index (χ1v) is 7.54. The molecule has 1 aromatic heterocycles. The summed E-state index contributed by atoms with van der Waals surface area (Å²) in [6.07, 6.45) is 5.57. The third-order valence-electron chi connectivity index (χ3n) is 3.58. The first-order chi connectivity index (χ1) is 9.86. The third kappa shape index (κ3) is 3.65. The molecule has 2 rings (SSSR count). The lowest BCUT2D eigenvalue weighted by Crippen LogP contribution is -2.14. The molecule has 0 unspecified atom stereocenters. The van der Waals surface area contributed by atoms with Crippen LogP contribution in [-0.4, -0.2) is 17.7 Å². The molecule has 106 valence electrons. The van der Waals surface area contributed by atoms with E-state index in [1.165, 1.54) is 22.9 Å². The molecule has 0 saturated carbocycles. The van der Waals surface area contributed by atoms with Crippen molar-refractivity contribution in [1.82, 2.24) is 9.88 Å². The number of rotatable bonds is 7. The second kappa shape index (κ2) is 7.77. The van der Waals surface area contributed by atoms with Crippen LogP contribution < -0.4 is 5.32 Å². The molecule has 0 radical (unpaired) electrons. The van der Waals surface area contributed by atoms with Crippen LogP contribution in [0.3, 0.4) is 0 Å². The van der Waals surface area contributed by atoms with Gasteiger partial charge in [-0.25, -0.2) is 0 Å². The Balaban J connectivity index is 2.14. The molecular weight excluding hydrogens is 244 g/mol. The Kier molecular flexibility index (Phi) is 5.70. The van der Waals surface area contributed by atoms with E-state index in [1.807, 2.05) is 6.92 Å². The van der Waals surface area contributed by atoms with E-state index in [2.05, 4.69) is 59.1 Å². The number of nitrogens with one attached hydrogen (secondary N) is 1. The van der Waals surface area contributed by atoms with Gasteiger partial charge in [0.1, 0.15) is 0 Å². The summed E-state index contributed by atoms with van der Waals surface area (Å²) >= 11 is 0. The maximum Gasteiger partial charge on any atom is 0.0483 e. The molecule has 2 aromatic rings. The average molecular weight is 268 g/mol. The van der Waals surface area contributed by atoms with E-state index in [9.17, 15) is 0 Å². The smallest absolute Gasteiger partial charge is 0.0483 e. The van der Waals surface area contributed by atoms with Crippen LogP contribution in [0.1, 0.15) is 32.3 Å². The summed E-state index contributed by atoms with van der Waals surface area (Å²) in [7, 11) is 0. The van der Waals surface area contributed by atoms with Gasteiger partial charge in [0.05, 0.1) is 0 Å². The van der Waals surface area contributed by atoms with Crippen molar-refractivity contribution in [2.45, 2.75) is 39.7 Å². The number of nitrogens with zero attached hydrogens (tertiary/aromatic N) is 1. The maximum absolute atomic E-state index is 3.39. The monoisotopic (exact) mass is 268 g/mol. The fraction of sp³-hybridized carbons (Fsp3) is 0.444. The molecule has 2 heteroatoms. The zero-order valence-corrected chi connectivity index (χ0v) is 12.6. The Hall–Kier alpha value is -1.72. The Morgan fingerprint density at radius 2 is 2.10 bits per heavy atom. The van der Waals surface area contributed by atoms with Crippen LogP contribution in [0.4, 0.5) is 0 Å². The van der Waals surface area contributed by atoms with E-state index in [4.69, 9.17) is 0 Å². The molecule has 1 aromatic carbocycles. The Bertz CT molecular complexity index is 599. The predicted octanol–water partition coefficient (Wildman–Crippen LogP) is 3.60. The van der Waals surface area contributed by atoms with Gasteiger partial charge in [-0.15, -0.1) is 11.8 Å². The first kappa shape index (κ1) is 14.7. The summed E-state index contributed by atoms with van der Waals surface area (Å²) in [4.78, 5) is 0. The van der Waals surface area contributed by atoms with Crippen LogP contribution in [0, 0.1) is 11.8 Å². The summed E-state index contributed by atoms with van der Waals surface area (Å²) in [5.74, 6) is 6.12. The normalized spacial score (nSPS) is 10.5. The molecule has 20 heavy (non-hydrogen) atoms. The van der Waals surface area contributed by atoms with Crippen LogP contribution in [-0.2, 0) is 13.0 Å². The molecule has 0 fully saturated rings. The number of hydrogen-bond acceptors (Lipinski definition) is 1. The topological polar surface area (TPSA) is 17.0 Å². The van der Waals surface area contributed by atoms with Gasteiger partial charge in [-0.05, 0) is 44.5 Å². The Morgan fingerprint density at radius 1 is 1.25 bits per heavy atom. The minimum absolute atomic E-state index is 0.923. The number of hydrogen-bond donors (Lipinski definition) is 1. The van der Waals surface area contributed by atoms with Crippen LogP contribution in [0.2, 0.25) is 0 Å². The number of para-hydroxylation sites is 1. The van der Waals surface area contributed by atoms with Crippen molar-refractivity contribution in [3.8, 4) is 11.8 Å². The van der Waals surface area contributed by atoms with Gasteiger partial charge >= 0.3 is 0 Å². The number of aromatic nitrogens is 1. The molecule has 0 atom stereocenters. The molecule has 0 spiro atoms. The van der Waals surface area contributed by atoms with Gasteiger partial charge in [0.15, 0.2) is 0 Å². The Morgan fingerprint density at radius 3 is 2.90 bits per heavy atom. The highest BCUT2D eigenvalue weighted by Gasteiger charge is 2.07. The van der Waals surface area contributed by atoms with E-state index < -0.39 is 0 Å². The van der Waals surface area contributed by atoms with Crippen LogP contribution in [0.25, 0.3) is 10.9 Å². The maximum atomic E-state index is 3.39. The molecule has 2 nitrogen and oxygen atoms in total. The summed E-state index contributed by atoms with van der Waals surface area (Å²) in [6.45, 7) is 7.18. The molecule has 0 aliphatic rings. The van der Waals surface area contributed by atoms with Crippen LogP contribution in [0.5, 0.6) is 0 Å². The van der Waals surface area contributed by atoms with Gasteiger partial charge < -0.3 is 9.88 Å². The molecule has 1 N–H and O–H groups in total. The lowest BCUT2D eigenvalue weighted by atomic mass is 10.1. The van der Waals surface area contributed by atoms with Gasteiger partial charge in [0, 0.05) is 30.1 Å². The van der Waals surface area contributed by atoms with Crippen molar-refractivity contribution in [3.63, 3.8) is 0 Å². The van der Waals surface area contributed by atoms with Gasteiger partial charge in [-0.3, -0.25) is 0 Å². The molecule has 0 bridgehead atoms. The van der Waals surface area contributed by atoms with Crippen LogP contribution >= 0.6 is 0 Å². The van der Waals surface area contributed by atoms with E-state index in [1.54, 1.807) is 0 Å². The van der Waals surface area contributed by atoms with E-state index in [-0.39, 0.29) is 0 Å². The summed E-state index contributed by atoms with van der Waals surface area (Å²) in [5, 5.41) is 4.79.